The molecule has 48 heavy (non-hydrogen) atoms. The molecular weight excluding hydrogens is 606 g/mol. The number of hydrogen-bond acceptors (Lipinski definition) is 9. The molecule has 8 rings (SSSR count). The van der Waals surface area contributed by atoms with Crippen LogP contribution in [-0.4, -0.2) is 106 Å². The topological polar surface area (TPSA) is 119 Å². The maximum absolute atomic E-state index is 13.0. The summed E-state index contributed by atoms with van der Waals surface area (Å²) in [6.07, 6.45) is 7.42. The molecule has 2 unspecified atom stereocenters. The third-order valence-electron chi connectivity index (χ3n) is 10.6. The summed E-state index contributed by atoms with van der Waals surface area (Å²) < 4.78 is 6.08. The van der Waals surface area contributed by atoms with Crippen LogP contribution in [0.1, 0.15) is 62.7 Å². The molecule has 12 nitrogen and oxygen atoms in total. The summed E-state index contributed by atoms with van der Waals surface area (Å²) >= 11 is 0. The van der Waals surface area contributed by atoms with E-state index in [-0.39, 0.29) is 24.1 Å². The highest BCUT2D eigenvalue weighted by Gasteiger charge is 2.37. The number of morpholine rings is 1. The Kier molecular flexibility index (Phi) is 8.37. The van der Waals surface area contributed by atoms with Crippen LogP contribution < -0.4 is 20.4 Å². The summed E-state index contributed by atoms with van der Waals surface area (Å²) in [6, 6.07) is 15.8. The van der Waals surface area contributed by atoms with Gasteiger partial charge in [-0.15, -0.1) is 0 Å². The number of anilines is 4. The largest absolute Gasteiger partial charge is 0.371 e. The van der Waals surface area contributed by atoms with E-state index in [2.05, 4.69) is 39.2 Å². The summed E-state index contributed by atoms with van der Waals surface area (Å²) in [5, 5.41) is 5.79. The second-order valence-corrected chi connectivity index (χ2v) is 14.1. The van der Waals surface area contributed by atoms with E-state index >= 15 is 0 Å². The van der Waals surface area contributed by atoms with Crippen LogP contribution in [0.4, 0.5) is 28.1 Å². The predicted molar refractivity (Wildman–Crippen MR) is 186 cm³/mol. The fourth-order valence-corrected chi connectivity index (χ4v) is 7.71. The molecule has 5 heterocycles. The number of rotatable bonds is 7. The fraction of sp³-hybridized carbons (Fsp3) is 0.528. The van der Waals surface area contributed by atoms with Gasteiger partial charge in [-0.25, -0.2) is 4.79 Å². The van der Waals surface area contributed by atoms with Gasteiger partial charge >= 0.3 is 6.03 Å². The number of piperazine rings is 1. The van der Waals surface area contributed by atoms with Crippen LogP contribution in [0.2, 0.25) is 0 Å². The number of nitrogens with one attached hydrogen (secondary N) is 2. The van der Waals surface area contributed by atoms with Crippen molar-refractivity contribution in [3.05, 3.63) is 54.1 Å². The van der Waals surface area contributed by atoms with Gasteiger partial charge in [-0.1, -0.05) is 0 Å². The highest BCUT2D eigenvalue weighted by molar-refractivity contribution is 6.00. The number of aromatic nitrogens is 3. The summed E-state index contributed by atoms with van der Waals surface area (Å²) in [5.41, 5.74) is 2.76. The zero-order valence-corrected chi connectivity index (χ0v) is 27.8. The third kappa shape index (κ3) is 6.55. The number of benzene rings is 2. The number of ether oxygens (including phenoxy) is 1. The molecule has 2 bridgehead atoms. The standard InChI is InChI=1S/C36H45N9O3/c1-23-3-4-24(2)45(23)35-40-32(39-34(41-35)44-21-30-15-16-31(22-44)48-30)25-5-9-27(10-6-25)37-36(47)38-28-11-7-26(8-12-28)33(46)43-19-17-42(18-20-43)29-13-14-29/h5-12,23-24,29-31H,3-4,13-22H2,1-2H3,(H2,37,38,47)/t23-,24+,30?,31?. The van der Waals surface area contributed by atoms with Gasteiger partial charge in [0.05, 0.1) is 12.2 Å². The van der Waals surface area contributed by atoms with Crippen LogP contribution in [0, 0.1) is 0 Å². The zero-order valence-electron chi connectivity index (χ0n) is 27.8. The van der Waals surface area contributed by atoms with Crippen LogP contribution in [0.3, 0.4) is 0 Å². The Balaban J connectivity index is 0.919. The van der Waals surface area contributed by atoms with Crippen molar-refractivity contribution in [3.8, 4) is 11.4 Å². The van der Waals surface area contributed by atoms with Gasteiger partial charge in [-0.3, -0.25) is 9.69 Å². The van der Waals surface area contributed by atoms with Crippen molar-refractivity contribution in [1.82, 2.24) is 24.8 Å². The summed E-state index contributed by atoms with van der Waals surface area (Å²) in [7, 11) is 0. The van der Waals surface area contributed by atoms with E-state index in [0.29, 0.717) is 40.8 Å². The molecule has 2 aromatic carbocycles. The van der Waals surface area contributed by atoms with Crippen LogP contribution >= 0.6 is 0 Å². The van der Waals surface area contributed by atoms with Gasteiger partial charge in [-0.05, 0) is 101 Å². The molecule has 3 aromatic rings. The lowest BCUT2D eigenvalue weighted by Crippen LogP contribution is -2.49. The smallest absolute Gasteiger partial charge is 0.323 e. The molecule has 5 aliphatic rings. The number of carbonyl (C=O) groups excluding carboxylic acids is 2. The van der Waals surface area contributed by atoms with Gasteiger partial charge in [0.15, 0.2) is 5.82 Å². The van der Waals surface area contributed by atoms with Crippen LogP contribution in [0.5, 0.6) is 0 Å². The summed E-state index contributed by atoms with van der Waals surface area (Å²) in [5.74, 6) is 2.08. The van der Waals surface area contributed by atoms with Gasteiger partial charge in [-0.2, -0.15) is 15.0 Å². The van der Waals surface area contributed by atoms with Crippen molar-refractivity contribution in [2.75, 3.05) is 59.7 Å². The number of carbonyl (C=O) groups is 2. The van der Waals surface area contributed by atoms with Crippen molar-refractivity contribution in [2.24, 2.45) is 0 Å². The molecule has 12 heteroatoms. The molecule has 1 aliphatic carbocycles. The molecule has 0 radical (unpaired) electrons. The molecule has 3 amide bonds. The Morgan fingerprint density at radius 1 is 0.708 bits per heavy atom. The monoisotopic (exact) mass is 651 g/mol. The van der Waals surface area contributed by atoms with Crippen molar-refractivity contribution in [1.29, 1.82) is 0 Å². The highest BCUT2D eigenvalue weighted by atomic mass is 16.5. The van der Waals surface area contributed by atoms with E-state index in [9.17, 15) is 9.59 Å². The average molecular weight is 652 g/mol. The van der Waals surface area contributed by atoms with Gasteiger partial charge < -0.3 is 30.1 Å². The Morgan fingerprint density at radius 2 is 1.29 bits per heavy atom. The SMILES string of the molecule is C[C@@H]1CC[C@H](C)N1c1nc(-c2ccc(NC(=O)Nc3ccc(C(=O)N4CCN(C5CC5)CC4)cc3)cc2)nc(N2CC3CCC(C2)O3)n1. The van der Waals surface area contributed by atoms with Crippen molar-refractivity contribution >= 4 is 35.2 Å². The molecule has 5 fully saturated rings. The third-order valence-corrected chi connectivity index (χ3v) is 10.6. The van der Waals surface area contributed by atoms with Crippen LogP contribution in [-0.2, 0) is 4.74 Å². The van der Waals surface area contributed by atoms with E-state index in [1.54, 1.807) is 24.3 Å². The van der Waals surface area contributed by atoms with E-state index in [4.69, 9.17) is 19.7 Å². The molecule has 252 valence electrons. The number of hydrogen-bond donors (Lipinski definition) is 2. The van der Waals surface area contributed by atoms with Gasteiger partial charge in [0.2, 0.25) is 11.9 Å². The summed E-state index contributed by atoms with van der Waals surface area (Å²) in [6.45, 7) is 9.47. The normalized spacial score (nSPS) is 25.8. The first-order valence-corrected chi connectivity index (χ1v) is 17.6. The Hall–Kier alpha value is -4.29. The lowest BCUT2D eigenvalue weighted by Gasteiger charge is -2.34. The van der Waals surface area contributed by atoms with E-state index < -0.39 is 0 Å². The number of nitrogens with zero attached hydrogens (tertiary/aromatic N) is 7. The molecular formula is C36H45N9O3. The number of urea groups is 1. The lowest BCUT2D eigenvalue weighted by atomic mass is 10.1. The van der Waals surface area contributed by atoms with Crippen molar-refractivity contribution < 1.29 is 14.3 Å². The molecule has 2 N–H and O–H groups in total. The quantitative estimate of drug-likeness (QED) is 0.370. The second kappa shape index (κ2) is 13.0. The molecule has 1 aromatic heterocycles. The zero-order chi connectivity index (χ0) is 32.8. The molecule has 4 saturated heterocycles. The minimum atomic E-state index is -0.360. The van der Waals surface area contributed by atoms with E-state index in [1.807, 2.05) is 29.2 Å². The average Bonchev–Trinajstić information content (AvgIpc) is 3.83. The van der Waals surface area contributed by atoms with Gasteiger partial charge in [0.1, 0.15) is 0 Å². The summed E-state index contributed by atoms with van der Waals surface area (Å²) in [4.78, 5) is 49.8. The Labute approximate surface area is 281 Å². The van der Waals surface area contributed by atoms with E-state index in [1.165, 1.54) is 12.8 Å². The fourth-order valence-electron chi connectivity index (χ4n) is 7.71. The first kappa shape index (κ1) is 31.0. The minimum absolute atomic E-state index is 0.0421. The number of fused-ring (bicyclic) bond motifs is 2. The maximum atomic E-state index is 13.0. The second-order valence-electron chi connectivity index (χ2n) is 14.1. The lowest BCUT2D eigenvalue weighted by molar-refractivity contribution is 0.0299. The molecule has 4 atom stereocenters. The van der Waals surface area contributed by atoms with Crippen molar-refractivity contribution in [3.63, 3.8) is 0 Å². The molecule has 1 saturated carbocycles. The van der Waals surface area contributed by atoms with E-state index in [0.717, 1.165) is 82.5 Å². The highest BCUT2D eigenvalue weighted by Crippen LogP contribution is 2.33. The first-order chi connectivity index (χ1) is 23.4. The molecule has 0 spiro atoms. The van der Waals surface area contributed by atoms with Gasteiger partial charge in [0.25, 0.3) is 5.91 Å². The Morgan fingerprint density at radius 3 is 1.90 bits per heavy atom. The Bertz CT molecular complexity index is 1620. The van der Waals surface area contributed by atoms with Gasteiger partial charge in [0, 0.05) is 79.9 Å². The van der Waals surface area contributed by atoms with Crippen molar-refractivity contribution in [2.45, 2.75) is 82.7 Å². The minimum Gasteiger partial charge on any atom is -0.371 e. The molecule has 4 aliphatic heterocycles. The van der Waals surface area contributed by atoms with Crippen LogP contribution in [0.25, 0.3) is 11.4 Å². The predicted octanol–water partition coefficient (Wildman–Crippen LogP) is 4.85. The number of amides is 3. The first-order valence-electron chi connectivity index (χ1n) is 17.6. The maximum Gasteiger partial charge on any atom is 0.323 e. The van der Waals surface area contributed by atoms with Crippen LogP contribution in [0.15, 0.2) is 48.5 Å².